The summed E-state index contributed by atoms with van der Waals surface area (Å²) >= 11 is 0. The SMILES string of the molecule is Nc1cnc(-c2ccc(-c3cccnc3C(=O)N3CCOCC3)cc2F)cn1. The van der Waals surface area contributed by atoms with Crippen LogP contribution in [0.25, 0.3) is 22.4 Å². The maximum Gasteiger partial charge on any atom is 0.273 e. The molecule has 4 rings (SSSR count). The Morgan fingerprint density at radius 3 is 2.61 bits per heavy atom. The number of benzene rings is 1. The van der Waals surface area contributed by atoms with Gasteiger partial charge in [0.15, 0.2) is 0 Å². The zero-order chi connectivity index (χ0) is 19.5. The van der Waals surface area contributed by atoms with Crippen LogP contribution < -0.4 is 5.73 Å². The molecule has 3 aromatic rings. The van der Waals surface area contributed by atoms with Crippen molar-refractivity contribution >= 4 is 11.7 Å². The first-order chi connectivity index (χ1) is 13.6. The number of anilines is 1. The Labute approximate surface area is 161 Å². The molecule has 0 radical (unpaired) electrons. The first-order valence-electron chi connectivity index (χ1n) is 8.83. The lowest BCUT2D eigenvalue weighted by atomic mass is 10.0. The summed E-state index contributed by atoms with van der Waals surface area (Å²) in [5.41, 5.74) is 7.66. The number of carbonyl (C=O) groups is 1. The minimum atomic E-state index is -0.467. The Morgan fingerprint density at radius 2 is 1.89 bits per heavy atom. The van der Waals surface area contributed by atoms with Gasteiger partial charge in [-0.25, -0.2) is 9.37 Å². The molecular formula is C20H18FN5O2. The number of ether oxygens (including phenoxy) is 1. The Bertz CT molecular complexity index is 1000. The number of amides is 1. The van der Waals surface area contributed by atoms with Crippen LogP contribution in [0.3, 0.4) is 0 Å². The summed E-state index contributed by atoms with van der Waals surface area (Å²) < 4.78 is 20.1. The Kier molecular flexibility index (Phi) is 4.94. The number of halogens is 1. The molecular weight excluding hydrogens is 361 g/mol. The molecule has 0 spiro atoms. The fraction of sp³-hybridized carbons (Fsp3) is 0.200. The first-order valence-corrected chi connectivity index (χ1v) is 8.83. The number of nitrogen functional groups attached to an aromatic ring is 1. The van der Waals surface area contributed by atoms with Gasteiger partial charge in [0.1, 0.15) is 17.3 Å². The highest BCUT2D eigenvalue weighted by atomic mass is 19.1. The van der Waals surface area contributed by atoms with Crippen molar-refractivity contribution in [3.05, 3.63) is 60.4 Å². The maximum atomic E-state index is 14.8. The van der Waals surface area contributed by atoms with Gasteiger partial charge in [0.05, 0.1) is 31.3 Å². The Balaban J connectivity index is 1.69. The number of nitrogens with two attached hydrogens (primary N) is 1. The third-order valence-corrected chi connectivity index (χ3v) is 4.54. The Morgan fingerprint density at radius 1 is 1.07 bits per heavy atom. The highest BCUT2D eigenvalue weighted by molar-refractivity contribution is 5.99. The van der Waals surface area contributed by atoms with Crippen LogP contribution in [-0.4, -0.2) is 52.1 Å². The molecule has 7 nitrogen and oxygen atoms in total. The molecule has 2 aromatic heterocycles. The maximum absolute atomic E-state index is 14.8. The summed E-state index contributed by atoms with van der Waals surface area (Å²) in [4.78, 5) is 26.9. The predicted octanol–water partition coefficient (Wildman–Crippen LogP) is 2.40. The molecule has 1 aromatic carbocycles. The average Bonchev–Trinajstić information content (AvgIpc) is 2.74. The molecule has 1 amide bonds. The van der Waals surface area contributed by atoms with Crippen molar-refractivity contribution in [2.24, 2.45) is 0 Å². The standard InChI is InChI=1S/C20H18FN5O2/c21-16-10-13(3-4-15(16)17-11-25-18(22)12-24-17)14-2-1-5-23-19(14)20(27)26-6-8-28-9-7-26/h1-5,10-12H,6-9H2,(H2,22,25). The highest BCUT2D eigenvalue weighted by Gasteiger charge is 2.23. The van der Waals surface area contributed by atoms with Crippen molar-refractivity contribution in [2.45, 2.75) is 0 Å². The second kappa shape index (κ2) is 7.69. The van der Waals surface area contributed by atoms with Crippen LogP contribution in [0, 0.1) is 5.82 Å². The second-order valence-corrected chi connectivity index (χ2v) is 6.33. The summed E-state index contributed by atoms with van der Waals surface area (Å²) in [6.45, 7) is 2.02. The minimum absolute atomic E-state index is 0.187. The number of pyridine rings is 1. The summed E-state index contributed by atoms with van der Waals surface area (Å²) in [5.74, 6) is -0.389. The summed E-state index contributed by atoms with van der Waals surface area (Å²) in [6, 6.07) is 8.21. The predicted molar refractivity (Wildman–Crippen MR) is 102 cm³/mol. The quantitative estimate of drug-likeness (QED) is 0.751. The van der Waals surface area contributed by atoms with E-state index in [-0.39, 0.29) is 11.7 Å². The van der Waals surface area contributed by atoms with Crippen LogP contribution in [0.4, 0.5) is 10.2 Å². The molecule has 0 atom stereocenters. The molecule has 1 aliphatic rings. The van der Waals surface area contributed by atoms with Crippen LogP contribution >= 0.6 is 0 Å². The normalized spacial score (nSPS) is 14.1. The minimum Gasteiger partial charge on any atom is -0.382 e. The van der Waals surface area contributed by atoms with Crippen molar-refractivity contribution in [3.8, 4) is 22.4 Å². The van der Waals surface area contributed by atoms with E-state index in [0.717, 1.165) is 0 Å². The van der Waals surface area contributed by atoms with Crippen LogP contribution in [0.15, 0.2) is 48.9 Å². The van der Waals surface area contributed by atoms with E-state index in [1.807, 2.05) is 0 Å². The lowest BCUT2D eigenvalue weighted by Gasteiger charge is -2.27. The molecule has 1 fully saturated rings. The number of aromatic nitrogens is 3. The van der Waals surface area contributed by atoms with Crippen molar-refractivity contribution < 1.29 is 13.9 Å². The topological polar surface area (TPSA) is 94.2 Å². The number of carbonyl (C=O) groups excluding carboxylic acids is 1. The lowest BCUT2D eigenvalue weighted by molar-refractivity contribution is 0.0299. The molecule has 0 aliphatic carbocycles. The van der Waals surface area contributed by atoms with Gasteiger partial charge in [-0.05, 0) is 23.8 Å². The number of hydrogen-bond acceptors (Lipinski definition) is 6. The fourth-order valence-electron chi connectivity index (χ4n) is 3.09. The van der Waals surface area contributed by atoms with E-state index in [1.165, 1.54) is 18.5 Å². The molecule has 28 heavy (non-hydrogen) atoms. The second-order valence-electron chi connectivity index (χ2n) is 6.33. The molecule has 8 heteroatoms. The van der Waals surface area contributed by atoms with Gasteiger partial charge in [0, 0.05) is 30.4 Å². The number of morpholine rings is 1. The fourth-order valence-corrected chi connectivity index (χ4v) is 3.09. The van der Waals surface area contributed by atoms with Crippen molar-refractivity contribution in [2.75, 3.05) is 32.0 Å². The third kappa shape index (κ3) is 3.54. The molecule has 3 heterocycles. The lowest BCUT2D eigenvalue weighted by Crippen LogP contribution is -2.41. The molecule has 1 saturated heterocycles. The molecule has 2 N–H and O–H groups in total. The summed E-state index contributed by atoms with van der Waals surface area (Å²) in [5, 5.41) is 0. The molecule has 1 aliphatic heterocycles. The largest absolute Gasteiger partial charge is 0.382 e. The van der Waals surface area contributed by atoms with E-state index in [4.69, 9.17) is 10.5 Å². The van der Waals surface area contributed by atoms with E-state index >= 15 is 0 Å². The first kappa shape index (κ1) is 18.0. The van der Waals surface area contributed by atoms with Gasteiger partial charge >= 0.3 is 0 Å². The number of rotatable bonds is 3. The van der Waals surface area contributed by atoms with Gasteiger partial charge in [-0.3, -0.25) is 14.8 Å². The Hall–Kier alpha value is -3.39. The smallest absolute Gasteiger partial charge is 0.273 e. The molecule has 0 saturated carbocycles. The number of nitrogens with zero attached hydrogens (tertiary/aromatic N) is 4. The van der Waals surface area contributed by atoms with Gasteiger partial charge in [0.25, 0.3) is 5.91 Å². The van der Waals surface area contributed by atoms with Gasteiger partial charge < -0.3 is 15.4 Å². The zero-order valence-corrected chi connectivity index (χ0v) is 15.0. The van der Waals surface area contributed by atoms with Crippen molar-refractivity contribution in [1.29, 1.82) is 0 Å². The van der Waals surface area contributed by atoms with E-state index in [0.29, 0.717) is 54.4 Å². The molecule has 0 unspecified atom stereocenters. The number of hydrogen-bond donors (Lipinski definition) is 1. The highest BCUT2D eigenvalue weighted by Crippen LogP contribution is 2.29. The van der Waals surface area contributed by atoms with Crippen molar-refractivity contribution in [3.63, 3.8) is 0 Å². The van der Waals surface area contributed by atoms with Gasteiger partial charge in [-0.1, -0.05) is 12.1 Å². The third-order valence-electron chi connectivity index (χ3n) is 4.54. The summed E-state index contributed by atoms with van der Waals surface area (Å²) in [7, 11) is 0. The molecule has 0 bridgehead atoms. The van der Waals surface area contributed by atoms with E-state index in [2.05, 4.69) is 15.0 Å². The molecule has 142 valence electrons. The zero-order valence-electron chi connectivity index (χ0n) is 15.0. The monoisotopic (exact) mass is 379 g/mol. The summed E-state index contributed by atoms with van der Waals surface area (Å²) in [6.07, 6.45) is 4.36. The van der Waals surface area contributed by atoms with Crippen molar-refractivity contribution in [1.82, 2.24) is 19.9 Å². The van der Waals surface area contributed by atoms with Crippen LogP contribution in [-0.2, 0) is 4.74 Å². The van der Waals surface area contributed by atoms with Gasteiger partial charge in [0.2, 0.25) is 0 Å². The van der Waals surface area contributed by atoms with Crippen LogP contribution in [0.2, 0.25) is 0 Å². The van der Waals surface area contributed by atoms with E-state index in [9.17, 15) is 9.18 Å². The van der Waals surface area contributed by atoms with E-state index in [1.54, 1.807) is 35.4 Å². The van der Waals surface area contributed by atoms with E-state index < -0.39 is 5.82 Å². The average molecular weight is 379 g/mol. The van der Waals surface area contributed by atoms with Crippen LogP contribution in [0.5, 0.6) is 0 Å². The van der Waals surface area contributed by atoms with Crippen LogP contribution in [0.1, 0.15) is 10.5 Å². The van der Waals surface area contributed by atoms with Gasteiger partial charge in [-0.2, -0.15) is 0 Å². The van der Waals surface area contributed by atoms with Gasteiger partial charge in [-0.15, -0.1) is 0 Å².